The highest BCUT2D eigenvalue weighted by Crippen LogP contribution is 2.38. The van der Waals surface area contributed by atoms with E-state index in [1.165, 1.54) is 22.4 Å². The van der Waals surface area contributed by atoms with Crippen LogP contribution in [0, 0.1) is 0 Å². The van der Waals surface area contributed by atoms with Crippen molar-refractivity contribution in [3.05, 3.63) is 46.6 Å². The molecule has 0 bridgehead atoms. The minimum Gasteiger partial charge on any atom is -0.346 e. The largest absolute Gasteiger partial charge is 0.346 e. The standard InChI is InChI=1S/C14H15ClN2/c1-9(16)8-17-5-4-11-6-10-2-3-12(15)7-13(10)14(11)17/h2-5,7,9H,6,8,16H2,1H3. The van der Waals surface area contributed by atoms with Gasteiger partial charge in [0, 0.05) is 35.8 Å². The van der Waals surface area contributed by atoms with E-state index in [1.807, 2.05) is 13.0 Å². The van der Waals surface area contributed by atoms with Crippen molar-refractivity contribution in [2.24, 2.45) is 5.73 Å². The van der Waals surface area contributed by atoms with E-state index in [9.17, 15) is 0 Å². The number of nitrogens with two attached hydrogens (primary N) is 1. The minimum absolute atomic E-state index is 0.162. The van der Waals surface area contributed by atoms with Gasteiger partial charge in [-0.3, -0.25) is 0 Å². The normalized spacial score (nSPS) is 14.5. The summed E-state index contributed by atoms with van der Waals surface area (Å²) in [4.78, 5) is 0. The summed E-state index contributed by atoms with van der Waals surface area (Å²) < 4.78 is 2.24. The highest BCUT2D eigenvalue weighted by molar-refractivity contribution is 6.30. The summed E-state index contributed by atoms with van der Waals surface area (Å²) in [6.07, 6.45) is 3.13. The van der Waals surface area contributed by atoms with Crippen molar-refractivity contribution >= 4 is 11.6 Å². The number of fused-ring (bicyclic) bond motifs is 3. The fourth-order valence-electron chi connectivity index (χ4n) is 2.58. The second-order valence-corrected chi connectivity index (χ2v) is 5.23. The van der Waals surface area contributed by atoms with Crippen LogP contribution in [0.25, 0.3) is 11.3 Å². The van der Waals surface area contributed by atoms with Crippen LogP contribution in [0.3, 0.4) is 0 Å². The molecule has 0 fully saturated rings. The predicted octanol–water partition coefficient (Wildman–Crippen LogP) is 3.06. The summed E-state index contributed by atoms with van der Waals surface area (Å²) >= 11 is 6.08. The summed E-state index contributed by atoms with van der Waals surface area (Å²) in [6, 6.07) is 8.48. The Morgan fingerprint density at radius 2 is 2.18 bits per heavy atom. The van der Waals surface area contributed by atoms with Gasteiger partial charge in [0.05, 0.1) is 5.69 Å². The molecule has 88 valence electrons. The van der Waals surface area contributed by atoms with Crippen molar-refractivity contribution in [3.8, 4) is 11.3 Å². The lowest BCUT2D eigenvalue weighted by molar-refractivity contribution is 0.596. The van der Waals surface area contributed by atoms with Crippen LogP contribution in [-0.4, -0.2) is 10.6 Å². The van der Waals surface area contributed by atoms with Gasteiger partial charge >= 0.3 is 0 Å². The van der Waals surface area contributed by atoms with Gasteiger partial charge in [0.25, 0.3) is 0 Å². The third-order valence-corrected chi connectivity index (χ3v) is 3.47. The van der Waals surface area contributed by atoms with Gasteiger partial charge in [-0.1, -0.05) is 17.7 Å². The Hall–Kier alpha value is -1.25. The Kier molecular flexibility index (Phi) is 2.49. The van der Waals surface area contributed by atoms with Crippen LogP contribution in [0.5, 0.6) is 0 Å². The molecular weight excluding hydrogens is 232 g/mol. The maximum Gasteiger partial charge on any atom is 0.0520 e. The second-order valence-electron chi connectivity index (χ2n) is 4.80. The quantitative estimate of drug-likeness (QED) is 0.740. The number of aromatic nitrogens is 1. The number of rotatable bonds is 2. The first-order chi connectivity index (χ1) is 8.15. The Balaban J connectivity index is 2.12. The van der Waals surface area contributed by atoms with Crippen molar-refractivity contribution in [1.82, 2.24) is 4.57 Å². The van der Waals surface area contributed by atoms with Gasteiger partial charge in [0.15, 0.2) is 0 Å². The zero-order valence-corrected chi connectivity index (χ0v) is 10.5. The van der Waals surface area contributed by atoms with E-state index in [1.54, 1.807) is 0 Å². The van der Waals surface area contributed by atoms with Gasteiger partial charge in [-0.2, -0.15) is 0 Å². The van der Waals surface area contributed by atoms with Gasteiger partial charge in [-0.05, 0) is 36.2 Å². The van der Waals surface area contributed by atoms with E-state index in [4.69, 9.17) is 17.3 Å². The van der Waals surface area contributed by atoms with E-state index in [0.717, 1.165) is 18.0 Å². The summed E-state index contributed by atoms with van der Waals surface area (Å²) in [5.74, 6) is 0. The van der Waals surface area contributed by atoms with Crippen LogP contribution < -0.4 is 5.73 Å². The number of benzene rings is 1. The monoisotopic (exact) mass is 246 g/mol. The molecule has 1 aliphatic carbocycles. The molecule has 0 saturated heterocycles. The summed E-state index contributed by atoms with van der Waals surface area (Å²) in [7, 11) is 0. The van der Waals surface area contributed by atoms with Gasteiger partial charge in [0.1, 0.15) is 0 Å². The lowest BCUT2D eigenvalue weighted by Gasteiger charge is -2.11. The number of hydrogen-bond donors (Lipinski definition) is 1. The highest BCUT2D eigenvalue weighted by atomic mass is 35.5. The molecule has 0 amide bonds. The maximum atomic E-state index is 6.08. The summed E-state index contributed by atoms with van der Waals surface area (Å²) in [5.41, 5.74) is 11.2. The van der Waals surface area contributed by atoms with Crippen LogP contribution in [0.1, 0.15) is 18.1 Å². The van der Waals surface area contributed by atoms with Crippen LogP contribution in [0.4, 0.5) is 0 Å². The van der Waals surface area contributed by atoms with Crippen molar-refractivity contribution in [3.63, 3.8) is 0 Å². The molecule has 1 unspecified atom stereocenters. The molecule has 0 spiro atoms. The van der Waals surface area contributed by atoms with E-state index in [-0.39, 0.29) is 6.04 Å². The smallest absolute Gasteiger partial charge is 0.0520 e. The molecule has 2 N–H and O–H groups in total. The fourth-order valence-corrected chi connectivity index (χ4v) is 2.75. The molecule has 0 aliphatic heterocycles. The molecule has 17 heavy (non-hydrogen) atoms. The van der Waals surface area contributed by atoms with E-state index in [0.29, 0.717) is 0 Å². The molecule has 0 saturated carbocycles. The maximum absolute atomic E-state index is 6.08. The Bertz CT molecular complexity index is 570. The lowest BCUT2D eigenvalue weighted by atomic mass is 10.1. The van der Waals surface area contributed by atoms with Gasteiger partial charge in [-0.25, -0.2) is 0 Å². The van der Waals surface area contributed by atoms with Crippen LogP contribution in [0.2, 0.25) is 5.02 Å². The van der Waals surface area contributed by atoms with E-state index < -0.39 is 0 Å². The van der Waals surface area contributed by atoms with Crippen molar-refractivity contribution in [2.75, 3.05) is 0 Å². The van der Waals surface area contributed by atoms with Crippen molar-refractivity contribution in [1.29, 1.82) is 0 Å². The fraction of sp³-hybridized carbons (Fsp3) is 0.286. The first-order valence-corrected chi connectivity index (χ1v) is 6.25. The molecule has 1 heterocycles. The van der Waals surface area contributed by atoms with E-state index in [2.05, 4.69) is 29.0 Å². The predicted molar refractivity (Wildman–Crippen MR) is 71.3 cm³/mol. The van der Waals surface area contributed by atoms with Gasteiger partial charge in [-0.15, -0.1) is 0 Å². The number of halogens is 1. The highest BCUT2D eigenvalue weighted by Gasteiger charge is 2.22. The van der Waals surface area contributed by atoms with Crippen LogP contribution in [-0.2, 0) is 13.0 Å². The Labute approximate surface area is 106 Å². The van der Waals surface area contributed by atoms with Crippen LogP contribution in [0.15, 0.2) is 30.5 Å². The summed E-state index contributed by atoms with van der Waals surface area (Å²) in [6.45, 7) is 2.88. The average Bonchev–Trinajstić information content (AvgIpc) is 2.78. The Morgan fingerprint density at radius 1 is 1.35 bits per heavy atom. The molecule has 1 aromatic heterocycles. The van der Waals surface area contributed by atoms with E-state index >= 15 is 0 Å². The molecule has 2 nitrogen and oxygen atoms in total. The molecule has 0 radical (unpaired) electrons. The second kappa shape index (κ2) is 3.90. The SMILES string of the molecule is CC(N)Cn1ccc2c1-c1cc(Cl)ccc1C2. The first-order valence-electron chi connectivity index (χ1n) is 5.87. The molecule has 3 rings (SSSR count). The number of hydrogen-bond acceptors (Lipinski definition) is 1. The molecule has 2 aromatic rings. The minimum atomic E-state index is 0.162. The van der Waals surface area contributed by atoms with Crippen molar-refractivity contribution < 1.29 is 0 Å². The third-order valence-electron chi connectivity index (χ3n) is 3.24. The molecule has 3 heteroatoms. The first kappa shape index (κ1) is 10.9. The third kappa shape index (κ3) is 1.78. The lowest BCUT2D eigenvalue weighted by Crippen LogP contribution is -2.22. The molecule has 1 aliphatic rings. The summed E-state index contributed by atoms with van der Waals surface area (Å²) in [5, 5.41) is 0.796. The average molecular weight is 247 g/mol. The van der Waals surface area contributed by atoms with Crippen LogP contribution >= 0.6 is 11.6 Å². The zero-order valence-electron chi connectivity index (χ0n) is 9.78. The van der Waals surface area contributed by atoms with Crippen molar-refractivity contribution in [2.45, 2.75) is 25.9 Å². The topological polar surface area (TPSA) is 30.9 Å². The zero-order chi connectivity index (χ0) is 12.0. The molecular formula is C14H15ClN2. The van der Waals surface area contributed by atoms with Gasteiger partial charge < -0.3 is 10.3 Å². The Morgan fingerprint density at radius 3 is 2.94 bits per heavy atom. The number of nitrogens with zero attached hydrogens (tertiary/aromatic N) is 1. The molecule has 1 atom stereocenters. The van der Waals surface area contributed by atoms with Gasteiger partial charge in [0.2, 0.25) is 0 Å². The molecule has 1 aromatic carbocycles.